The van der Waals surface area contributed by atoms with Crippen LogP contribution in [0.25, 0.3) is 0 Å². The monoisotopic (exact) mass is 239 g/mol. The van der Waals surface area contributed by atoms with E-state index >= 15 is 0 Å². The van der Waals surface area contributed by atoms with Crippen LogP contribution in [0.1, 0.15) is 18.4 Å². The average Bonchev–Trinajstić information content (AvgIpc) is 2.33. The van der Waals surface area contributed by atoms with E-state index in [-0.39, 0.29) is 5.25 Å². The lowest BCUT2D eigenvalue weighted by Crippen LogP contribution is -2.25. The quantitative estimate of drug-likeness (QED) is 0.801. The number of anilines is 1. The maximum absolute atomic E-state index is 12.3. The summed E-state index contributed by atoms with van der Waals surface area (Å²) >= 11 is 0. The molecule has 0 radical (unpaired) electrons. The van der Waals surface area contributed by atoms with E-state index in [2.05, 4.69) is 0 Å². The third-order valence-electron chi connectivity index (χ3n) is 2.94. The van der Waals surface area contributed by atoms with Gasteiger partial charge in [0.05, 0.1) is 10.8 Å². The molecule has 0 saturated carbocycles. The van der Waals surface area contributed by atoms with Crippen molar-refractivity contribution >= 4 is 16.5 Å². The van der Waals surface area contributed by atoms with Crippen LogP contribution in [-0.2, 0) is 15.5 Å². The average molecular weight is 239 g/mol. The Balaban J connectivity index is 2.16. The SMILES string of the molecule is Cc1cc(S(=O)C2CCOCC2)ccc1N. The summed E-state index contributed by atoms with van der Waals surface area (Å²) in [7, 11) is -0.924. The van der Waals surface area contributed by atoms with Crippen molar-refractivity contribution in [2.75, 3.05) is 18.9 Å². The molecule has 2 N–H and O–H groups in total. The highest BCUT2D eigenvalue weighted by atomic mass is 32.2. The van der Waals surface area contributed by atoms with Crippen LogP contribution in [0.4, 0.5) is 5.69 Å². The molecule has 1 aliphatic heterocycles. The minimum atomic E-state index is -0.924. The van der Waals surface area contributed by atoms with Gasteiger partial charge in [0.25, 0.3) is 0 Å². The zero-order valence-corrected chi connectivity index (χ0v) is 10.3. The second-order valence-corrected chi connectivity index (χ2v) is 5.86. The molecule has 1 heterocycles. The summed E-state index contributed by atoms with van der Waals surface area (Å²) < 4.78 is 17.6. The number of nitrogens with two attached hydrogens (primary N) is 1. The van der Waals surface area contributed by atoms with Crippen LogP contribution in [0, 0.1) is 6.92 Å². The number of benzene rings is 1. The molecule has 1 aromatic rings. The van der Waals surface area contributed by atoms with E-state index in [4.69, 9.17) is 10.5 Å². The molecule has 1 atom stereocenters. The number of nitrogen functional groups attached to an aromatic ring is 1. The van der Waals surface area contributed by atoms with Crippen LogP contribution in [0.5, 0.6) is 0 Å². The van der Waals surface area contributed by atoms with E-state index in [0.717, 1.165) is 42.2 Å². The van der Waals surface area contributed by atoms with Crippen molar-refractivity contribution in [1.82, 2.24) is 0 Å². The van der Waals surface area contributed by atoms with Crippen LogP contribution in [-0.4, -0.2) is 22.7 Å². The smallest absolute Gasteiger partial charge is 0.0562 e. The molecule has 0 bridgehead atoms. The lowest BCUT2D eigenvalue weighted by molar-refractivity contribution is 0.0992. The third-order valence-corrected chi connectivity index (χ3v) is 4.74. The number of aryl methyl sites for hydroxylation is 1. The highest BCUT2D eigenvalue weighted by Crippen LogP contribution is 2.22. The first-order chi connectivity index (χ1) is 7.68. The normalized spacial score (nSPS) is 19.6. The van der Waals surface area contributed by atoms with Gasteiger partial charge in [-0.05, 0) is 43.5 Å². The minimum absolute atomic E-state index is 0.233. The maximum Gasteiger partial charge on any atom is 0.0562 e. The lowest BCUT2D eigenvalue weighted by Gasteiger charge is -2.21. The van der Waals surface area contributed by atoms with Gasteiger partial charge in [-0.15, -0.1) is 0 Å². The first-order valence-corrected chi connectivity index (χ1v) is 6.74. The van der Waals surface area contributed by atoms with Crippen LogP contribution in [0.3, 0.4) is 0 Å². The fraction of sp³-hybridized carbons (Fsp3) is 0.500. The molecular weight excluding hydrogens is 222 g/mol. The second-order valence-electron chi connectivity index (χ2n) is 4.13. The van der Waals surface area contributed by atoms with Crippen LogP contribution < -0.4 is 5.73 Å². The zero-order valence-electron chi connectivity index (χ0n) is 9.44. The van der Waals surface area contributed by atoms with Gasteiger partial charge in [-0.25, -0.2) is 0 Å². The summed E-state index contributed by atoms with van der Waals surface area (Å²) in [4.78, 5) is 0.888. The summed E-state index contributed by atoms with van der Waals surface area (Å²) in [6, 6.07) is 5.64. The molecule has 3 nitrogen and oxygen atoms in total. The number of rotatable bonds is 2. The molecule has 1 aromatic carbocycles. The molecule has 2 rings (SSSR count). The predicted octanol–water partition coefficient (Wildman–Crippen LogP) is 1.86. The molecule has 0 aliphatic carbocycles. The Morgan fingerprint density at radius 1 is 1.38 bits per heavy atom. The fourth-order valence-corrected chi connectivity index (χ4v) is 3.36. The van der Waals surface area contributed by atoms with Crippen molar-refractivity contribution in [3.8, 4) is 0 Å². The third kappa shape index (κ3) is 2.44. The highest BCUT2D eigenvalue weighted by Gasteiger charge is 2.21. The van der Waals surface area contributed by atoms with E-state index in [1.54, 1.807) is 0 Å². The Morgan fingerprint density at radius 3 is 2.69 bits per heavy atom. The summed E-state index contributed by atoms with van der Waals surface area (Å²) in [5.74, 6) is 0. The minimum Gasteiger partial charge on any atom is -0.399 e. The molecule has 0 aromatic heterocycles. The van der Waals surface area contributed by atoms with Crippen molar-refractivity contribution in [3.05, 3.63) is 23.8 Å². The first-order valence-electron chi connectivity index (χ1n) is 5.53. The molecule has 0 spiro atoms. The van der Waals surface area contributed by atoms with E-state index in [1.807, 2.05) is 25.1 Å². The van der Waals surface area contributed by atoms with E-state index in [1.165, 1.54) is 0 Å². The van der Waals surface area contributed by atoms with Gasteiger partial charge >= 0.3 is 0 Å². The van der Waals surface area contributed by atoms with Gasteiger partial charge in [0, 0.05) is 29.0 Å². The summed E-state index contributed by atoms with van der Waals surface area (Å²) in [5.41, 5.74) is 7.50. The van der Waals surface area contributed by atoms with Crippen LogP contribution >= 0.6 is 0 Å². The Morgan fingerprint density at radius 2 is 2.06 bits per heavy atom. The first kappa shape index (κ1) is 11.6. The van der Waals surface area contributed by atoms with E-state index in [9.17, 15) is 4.21 Å². The molecule has 1 unspecified atom stereocenters. The van der Waals surface area contributed by atoms with Gasteiger partial charge in [0.15, 0.2) is 0 Å². The van der Waals surface area contributed by atoms with E-state index < -0.39 is 10.8 Å². The molecule has 0 amide bonds. The Labute approximate surface area is 98.4 Å². The maximum atomic E-state index is 12.3. The van der Waals surface area contributed by atoms with Gasteiger partial charge in [0.2, 0.25) is 0 Å². The van der Waals surface area contributed by atoms with Crippen LogP contribution in [0.15, 0.2) is 23.1 Å². The Hall–Kier alpha value is -0.870. The number of ether oxygens (including phenoxy) is 1. The predicted molar refractivity (Wildman–Crippen MR) is 65.8 cm³/mol. The Bertz CT molecular complexity index is 400. The van der Waals surface area contributed by atoms with E-state index in [0.29, 0.717) is 0 Å². The number of hydrogen-bond donors (Lipinski definition) is 1. The fourth-order valence-electron chi connectivity index (χ4n) is 1.86. The van der Waals surface area contributed by atoms with Crippen molar-refractivity contribution in [1.29, 1.82) is 0 Å². The van der Waals surface area contributed by atoms with Gasteiger partial charge in [0.1, 0.15) is 0 Å². The van der Waals surface area contributed by atoms with Crippen molar-refractivity contribution in [3.63, 3.8) is 0 Å². The van der Waals surface area contributed by atoms with Gasteiger partial charge < -0.3 is 10.5 Å². The molecule has 1 aliphatic rings. The molecule has 1 fully saturated rings. The summed E-state index contributed by atoms with van der Waals surface area (Å²) in [5, 5.41) is 0.233. The second kappa shape index (κ2) is 4.97. The number of hydrogen-bond acceptors (Lipinski definition) is 3. The molecule has 88 valence electrons. The standard InChI is InChI=1S/C12H17NO2S/c1-9-8-11(2-3-12(9)13)16(14)10-4-6-15-7-5-10/h2-3,8,10H,4-7,13H2,1H3. The van der Waals surface area contributed by atoms with Gasteiger partial charge in [-0.3, -0.25) is 4.21 Å². The molecule has 4 heteroatoms. The van der Waals surface area contributed by atoms with Crippen LogP contribution in [0.2, 0.25) is 0 Å². The van der Waals surface area contributed by atoms with Gasteiger partial charge in [-0.2, -0.15) is 0 Å². The molecule has 16 heavy (non-hydrogen) atoms. The lowest BCUT2D eigenvalue weighted by atomic mass is 10.2. The summed E-state index contributed by atoms with van der Waals surface area (Å²) in [6.45, 7) is 3.40. The largest absolute Gasteiger partial charge is 0.399 e. The topological polar surface area (TPSA) is 52.3 Å². The van der Waals surface area contributed by atoms with Crippen molar-refractivity contribution in [2.45, 2.75) is 29.9 Å². The summed E-state index contributed by atoms with van der Waals surface area (Å²) in [6.07, 6.45) is 1.77. The van der Waals surface area contributed by atoms with Crippen molar-refractivity contribution < 1.29 is 8.95 Å². The molecular formula is C12H17NO2S. The zero-order chi connectivity index (χ0) is 11.5. The highest BCUT2D eigenvalue weighted by molar-refractivity contribution is 7.85. The van der Waals surface area contributed by atoms with Crippen molar-refractivity contribution in [2.24, 2.45) is 0 Å². The van der Waals surface area contributed by atoms with Gasteiger partial charge in [-0.1, -0.05) is 0 Å². The Kier molecular flexibility index (Phi) is 3.61. The molecule has 1 saturated heterocycles.